The van der Waals surface area contributed by atoms with Crippen molar-refractivity contribution < 1.29 is 5.11 Å². The van der Waals surface area contributed by atoms with E-state index in [0.29, 0.717) is 5.75 Å². The number of nitrogens with zero attached hydrogens (tertiary/aromatic N) is 1. The lowest BCUT2D eigenvalue weighted by atomic mass is 10.1. The Bertz CT molecular complexity index is 324. The van der Waals surface area contributed by atoms with E-state index in [-0.39, 0.29) is 6.04 Å². The molecule has 17 heavy (non-hydrogen) atoms. The van der Waals surface area contributed by atoms with E-state index in [1.165, 1.54) is 0 Å². The van der Waals surface area contributed by atoms with Gasteiger partial charge in [0.2, 0.25) is 0 Å². The standard InChI is InChI=1S/C14H24N2O/c1-4-16(5-2)11-10-15-12(3)13-8-6-7-9-14(13)17/h6-9,12,15,17H,4-5,10-11H2,1-3H3. The molecule has 0 aliphatic rings. The summed E-state index contributed by atoms with van der Waals surface area (Å²) in [4.78, 5) is 2.38. The van der Waals surface area contributed by atoms with Gasteiger partial charge in [-0.05, 0) is 26.1 Å². The molecule has 3 heteroatoms. The summed E-state index contributed by atoms with van der Waals surface area (Å²) in [6.45, 7) is 10.6. The van der Waals surface area contributed by atoms with Crippen LogP contribution in [0.1, 0.15) is 32.4 Å². The molecule has 1 aromatic rings. The molecule has 1 atom stereocenters. The number of benzene rings is 1. The van der Waals surface area contributed by atoms with E-state index >= 15 is 0 Å². The first-order valence-electron chi connectivity index (χ1n) is 6.42. The number of hydrogen-bond acceptors (Lipinski definition) is 3. The number of hydrogen-bond donors (Lipinski definition) is 2. The maximum atomic E-state index is 9.73. The minimum Gasteiger partial charge on any atom is -0.508 e. The molecule has 1 aromatic carbocycles. The number of likely N-dealkylation sites (N-methyl/N-ethyl adjacent to an activating group) is 1. The fourth-order valence-corrected chi connectivity index (χ4v) is 1.94. The molecule has 0 aliphatic heterocycles. The first-order valence-corrected chi connectivity index (χ1v) is 6.42. The highest BCUT2D eigenvalue weighted by atomic mass is 16.3. The van der Waals surface area contributed by atoms with Gasteiger partial charge in [-0.2, -0.15) is 0 Å². The van der Waals surface area contributed by atoms with Gasteiger partial charge in [-0.15, -0.1) is 0 Å². The lowest BCUT2D eigenvalue weighted by Gasteiger charge is -2.21. The third-order valence-electron chi connectivity index (χ3n) is 3.18. The number of phenolic OH excluding ortho intramolecular Hbond substituents is 1. The van der Waals surface area contributed by atoms with Gasteiger partial charge in [0.25, 0.3) is 0 Å². The second-order valence-electron chi connectivity index (χ2n) is 4.26. The number of phenols is 1. The van der Waals surface area contributed by atoms with Crippen LogP contribution in [0.3, 0.4) is 0 Å². The molecule has 0 spiro atoms. The van der Waals surface area contributed by atoms with E-state index in [4.69, 9.17) is 0 Å². The zero-order valence-electron chi connectivity index (χ0n) is 11.1. The van der Waals surface area contributed by atoms with Crippen LogP contribution >= 0.6 is 0 Å². The van der Waals surface area contributed by atoms with Gasteiger partial charge in [-0.1, -0.05) is 32.0 Å². The van der Waals surface area contributed by atoms with Crippen LogP contribution in [0.5, 0.6) is 5.75 Å². The van der Waals surface area contributed by atoms with Gasteiger partial charge in [-0.25, -0.2) is 0 Å². The lowest BCUT2D eigenvalue weighted by Crippen LogP contribution is -2.33. The number of aromatic hydroxyl groups is 1. The van der Waals surface area contributed by atoms with E-state index < -0.39 is 0 Å². The van der Waals surface area contributed by atoms with Crippen molar-refractivity contribution in [2.75, 3.05) is 26.2 Å². The quantitative estimate of drug-likeness (QED) is 0.763. The molecule has 0 saturated heterocycles. The zero-order chi connectivity index (χ0) is 12.7. The van der Waals surface area contributed by atoms with Crippen LogP contribution in [0.15, 0.2) is 24.3 Å². The summed E-state index contributed by atoms with van der Waals surface area (Å²) >= 11 is 0. The van der Waals surface area contributed by atoms with Crippen LogP contribution in [0.2, 0.25) is 0 Å². The second-order valence-corrected chi connectivity index (χ2v) is 4.26. The number of nitrogens with one attached hydrogen (secondary N) is 1. The maximum Gasteiger partial charge on any atom is 0.120 e. The van der Waals surface area contributed by atoms with Crippen LogP contribution in [-0.2, 0) is 0 Å². The molecule has 0 aliphatic carbocycles. The summed E-state index contributed by atoms with van der Waals surface area (Å²) in [6, 6.07) is 7.69. The monoisotopic (exact) mass is 236 g/mol. The van der Waals surface area contributed by atoms with E-state index in [2.05, 4.69) is 31.0 Å². The SMILES string of the molecule is CCN(CC)CCNC(C)c1ccccc1O. The highest BCUT2D eigenvalue weighted by Gasteiger charge is 2.08. The molecule has 0 amide bonds. The molecule has 0 saturated carbocycles. The molecule has 0 aromatic heterocycles. The molecule has 3 nitrogen and oxygen atoms in total. The zero-order valence-corrected chi connectivity index (χ0v) is 11.1. The molecule has 96 valence electrons. The summed E-state index contributed by atoms with van der Waals surface area (Å²) < 4.78 is 0. The van der Waals surface area contributed by atoms with Crippen molar-refractivity contribution in [3.05, 3.63) is 29.8 Å². The largest absolute Gasteiger partial charge is 0.508 e. The van der Waals surface area contributed by atoms with E-state index in [1.807, 2.05) is 18.2 Å². The fourth-order valence-electron chi connectivity index (χ4n) is 1.94. The average Bonchev–Trinajstić information content (AvgIpc) is 2.35. The van der Waals surface area contributed by atoms with Crippen molar-refractivity contribution in [3.8, 4) is 5.75 Å². The van der Waals surface area contributed by atoms with Gasteiger partial charge in [0, 0.05) is 24.7 Å². The summed E-state index contributed by atoms with van der Waals surface area (Å²) in [5, 5.41) is 13.2. The Kier molecular flexibility index (Phi) is 6.01. The Morgan fingerprint density at radius 1 is 1.24 bits per heavy atom. The predicted octanol–water partition coefficient (Wildman–Crippen LogP) is 2.38. The second kappa shape index (κ2) is 7.30. The first-order chi connectivity index (χ1) is 8.19. The molecule has 1 unspecified atom stereocenters. The van der Waals surface area contributed by atoms with Crippen molar-refractivity contribution in [1.82, 2.24) is 10.2 Å². The van der Waals surface area contributed by atoms with Crippen LogP contribution in [-0.4, -0.2) is 36.2 Å². The van der Waals surface area contributed by atoms with E-state index in [1.54, 1.807) is 6.07 Å². The van der Waals surface area contributed by atoms with Crippen LogP contribution in [0, 0.1) is 0 Å². The van der Waals surface area contributed by atoms with Crippen LogP contribution < -0.4 is 5.32 Å². The summed E-state index contributed by atoms with van der Waals surface area (Å²) in [5.41, 5.74) is 0.965. The Hall–Kier alpha value is -1.06. The molecule has 0 radical (unpaired) electrons. The average molecular weight is 236 g/mol. The third-order valence-corrected chi connectivity index (χ3v) is 3.18. The Morgan fingerprint density at radius 2 is 1.88 bits per heavy atom. The molecule has 0 fully saturated rings. The summed E-state index contributed by atoms with van der Waals surface area (Å²) in [6.07, 6.45) is 0. The van der Waals surface area contributed by atoms with Crippen molar-refractivity contribution in [3.63, 3.8) is 0 Å². The number of rotatable bonds is 7. The first kappa shape index (κ1) is 14.0. The number of para-hydroxylation sites is 1. The molecule has 1 rings (SSSR count). The molecule has 0 heterocycles. The highest BCUT2D eigenvalue weighted by molar-refractivity contribution is 5.34. The normalized spacial score (nSPS) is 12.9. The predicted molar refractivity (Wildman–Crippen MR) is 72.3 cm³/mol. The van der Waals surface area contributed by atoms with Gasteiger partial charge in [0.1, 0.15) is 5.75 Å². The Balaban J connectivity index is 2.40. The van der Waals surface area contributed by atoms with Gasteiger partial charge in [0.05, 0.1) is 0 Å². The molecular weight excluding hydrogens is 212 g/mol. The van der Waals surface area contributed by atoms with Crippen molar-refractivity contribution in [1.29, 1.82) is 0 Å². The van der Waals surface area contributed by atoms with Crippen LogP contribution in [0.25, 0.3) is 0 Å². The van der Waals surface area contributed by atoms with Gasteiger partial charge < -0.3 is 15.3 Å². The third kappa shape index (κ3) is 4.36. The van der Waals surface area contributed by atoms with E-state index in [9.17, 15) is 5.11 Å². The Morgan fingerprint density at radius 3 is 2.47 bits per heavy atom. The van der Waals surface area contributed by atoms with Gasteiger partial charge in [-0.3, -0.25) is 0 Å². The topological polar surface area (TPSA) is 35.5 Å². The van der Waals surface area contributed by atoms with Gasteiger partial charge in [0.15, 0.2) is 0 Å². The summed E-state index contributed by atoms with van der Waals surface area (Å²) in [5.74, 6) is 0.371. The fraction of sp³-hybridized carbons (Fsp3) is 0.571. The summed E-state index contributed by atoms with van der Waals surface area (Å²) in [7, 11) is 0. The Labute approximate surface area is 104 Å². The van der Waals surface area contributed by atoms with E-state index in [0.717, 1.165) is 31.7 Å². The van der Waals surface area contributed by atoms with Crippen molar-refractivity contribution in [2.45, 2.75) is 26.8 Å². The van der Waals surface area contributed by atoms with Gasteiger partial charge >= 0.3 is 0 Å². The lowest BCUT2D eigenvalue weighted by molar-refractivity contribution is 0.297. The smallest absolute Gasteiger partial charge is 0.120 e. The van der Waals surface area contributed by atoms with Crippen LogP contribution in [0.4, 0.5) is 0 Å². The molecular formula is C14H24N2O. The highest BCUT2D eigenvalue weighted by Crippen LogP contribution is 2.22. The van der Waals surface area contributed by atoms with Crippen molar-refractivity contribution in [2.24, 2.45) is 0 Å². The minimum atomic E-state index is 0.187. The molecule has 2 N–H and O–H groups in total. The minimum absolute atomic E-state index is 0.187. The molecule has 0 bridgehead atoms. The van der Waals surface area contributed by atoms with Crippen molar-refractivity contribution >= 4 is 0 Å². The maximum absolute atomic E-state index is 9.73.